The van der Waals surface area contributed by atoms with Gasteiger partial charge in [0.05, 0.1) is 16.1 Å². The Balaban J connectivity index is 1.73. The second kappa shape index (κ2) is 10.6. The molecular formula is C26H30F3NO4S. The lowest BCUT2D eigenvalue weighted by molar-refractivity contribution is -0.186. The number of aliphatic hydroxyl groups excluding tert-OH is 1. The Morgan fingerprint density at radius 1 is 1.06 bits per heavy atom. The number of aryl methyl sites for hydroxylation is 2. The number of alkyl halides is 3. The molecule has 0 radical (unpaired) electrons. The highest BCUT2D eigenvalue weighted by atomic mass is 32.1. The highest BCUT2D eigenvalue weighted by Crippen LogP contribution is 2.37. The molecule has 0 saturated heterocycles. The van der Waals surface area contributed by atoms with Crippen LogP contribution in [0.1, 0.15) is 55.5 Å². The first-order chi connectivity index (χ1) is 16.3. The van der Waals surface area contributed by atoms with Gasteiger partial charge in [0.25, 0.3) is 0 Å². The maximum absolute atomic E-state index is 12.8. The van der Waals surface area contributed by atoms with Crippen LogP contribution in [-0.4, -0.2) is 28.6 Å². The molecule has 0 spiro atoms. The number of aliphatic hydroxyl groups is 1. The molecule has 5 nitrogen and oxygen atoms in total. The molecule has 0 amide bonds. The summed E-state index contributed by atoms with van der Waals surface area (Å²) in [6.45, 7) is 11.3. The minimum absolute atomic E-state index is 0.321. The molecule has 0 aliphatic rings. The van der Waals surface area contributed by atoms with Crippen LogP contribution in [0.15, 0.2) is 42.5 Å². The maximum atomic E-state index is 12.8. The number of thiazole rings is 1. The van der Waals surface area contributed by atoms with Crippen LogP contribution in [0.2, 0.25) is 0 Å². The number of halogens is 3. The maximum Gasteiger partial charge on any atom is 0.416 e. The Morgan fingerprint density at radius 3 is 2.29 bits per heavy atom. The van der Waals surface area contributed by atoms with E-state index in [4.69, 9.17) is 14.2 Å². The van der Waals surface area contributed by atoms with Gasteiger partial charge in [-0.2, -0.15) is 13.2 Å². The van der Waals surface area contributed by atoms with Crippen LogP contribution in [0, 0.1) is 13.8 Å². The molecule has 0 saturated carbocycles. The number of hydrogen-bond acceptors (Lipinski definition) is 6. The van der Waals surface area contributed by atoms with Gasteiger partial charge in [0.1, 0.15) is 22.6 Å². The first kappa shape index (κ1) is 27.0. The SMILES string of the molecule is CCOC(O)C(C)(C)Oc1ccc(O[C@H](C)c2sc(-c3ccc(C(F)(F)F)cc3)nc2C)cc1C. The standard InChI is InChI=1S/C26H30F3NO4S/c1-7-32-24(31)25(5,6)34-21-13-12-20(14-15(21)2)33-17(4)22-16(3)30-23(35-22)18-8-10-19(11-9-18)26(27,28)29/h8-14,17,24,31H,7H2,1-6H3/t17-,24?/m1/s1. The second-order valence-corrected chi connectivity index (χ2v) is 9.78. The zero-order valence-electron chi connectivity index (χ0n) is 20.6. The van der Waals surface area contributed by atoms with Gasteiger partial charge in [-0.25, -0.2) is 4.98 Å². The van der Waals surface area contributed by atoms with Crippen molar-refractivity contribution < 1.29 is 32.5 Å². The van der Waals surface area contributed by atoms with E-state index in [0.29, 0.717) is 28.7 Å². The van der Waals surface area contributed by atoms with Crippen molar-refractivity contribution in [1.82, 2.24) is 4.98 Å². The first-order valence-electron chi connectivity index (χ1n) is 11.2. The van der Waals surface area contributed by atoms with Gasteiger partial charge in [-0.05, 0) is 77.4 Å². The van der Waals surface area contributed by atoms with E-state index >= 15 is 0 Å². The lowest BCUT2D eigenvalue weighted by Gasteiger charge is -2.31. The molecule has 0 aliphatic carbocycles. The lowest BCUT2D eigenvalue weighted by atomic mass is 10.1. The van der Waals surface area contributed by atoms with Gasteiger partial charge in [-0.3, -0.25) is 0 Å². The Morgan fingerprint density at radius 2 is 1.71 bits per heavy atom. The summed E-state index contributed by atoms with van der Waals surface area (Å²) < 4.78 is 55.9. The van der Waals surface area contributed by atoms with Gasteiger partial charge in [0.15, 0.2) is 11.9 Å². The topological polar surface area (TPSA) is 60.8 Å². The van der Waals surface area contributed by atoms with Crippen molar-refractivity contribution in [3.05, 3.63) is 64.2 Å². The van der Waals surface area contributed by atoms with Crippen LogP contribution < -0.4 is 9.47 Å². The average molecular weight is 510 g/mol. The Bertz CT molecular complexity index is 1140. The van der Waals surface area contributed by atoms with E-state index in [9.17, 15) is 18.3 Å². The van der Waals surface area contributed by atoms with Gasteiger partial charge >= 0.3 is 6.18 Å². The largest absolute Gasteiger partial charge is 0.485 e. The summed E-state index contributed by atoms with van der Waals surface area (Å²) in [6, 6.07) is 10.4. The van der Waals surface area contributed by atoms with Crippen molar-refractivity contribution in [2.45, 2.75) is 65.7 Å². The fraction of sp³-hybridized carbons (Fsp3) is 0.423. The molecule has 190 valence electrons. The Kier molecular flexibility index (Phi) is 8.14. The summed E-state index contributed by atoms with van der Waals surface area (Å²) >= 11 is 1.39. The van der Waals surface area contributed by atoms with Gasteiger partial charge in [-0.1, -0.05) is 12.1 Å². The van der Waals surface area contributed by atoms with Crippen LogP contribution in [0.25, 0.3) is 10.6 Å². The molecule has 0 fully saturated rings. The van der Waals surface area contributed by atoms with Gasteiger partial charge in [-0.15, -0.1) is 11.3 Å². The Labute approximate surface area is 207 Å². The summed E-state index contributed by atoms with van der Waals surface area (Å²) in [5.41, 5.74) is 0.590. The minimum atomic E-state index is -4.37. The molecule has 0 aliphatic heterocycles. The number of nitrogens with zero attached hydrogens (tertiary/aromatic N) is 1. The van der Waals surface area contributed by atoms with Crippen molar-refractivity contribution in [3.63, 3.8) is 0 Å². The van der Waals surface area contributed by atoms with E-state index in [0.717, 1.165) is 28.3 Å². The van der Waals surface area contributed by atoms with Crippen LogP contribution in [0.4, 0.5) is 13.2 Å². The molecule has 35 heavy (non-hydrogen) atoms. The fourth-order valence-corrected chi connectivity index (χ4v) is 4.52. The van der Waals surface area contributed by atoms with Crippen LogP contribution in [0.3, 0.4) is 0 Å². The molecule has 9 heteroatoms. The highest BCUT2D eigenvalue weighted by molar-refractivity contribution is 7.15. The smallest absolute Gasteiger partial charge is 0.416 e. The fourth-order valence-electron chi connectivity index (χ4n) is 3.47. The zero-order chi connectivity index (χ0) is 26.0. The third kappa shape index (κ3) is 6.54. The second-order valence-electron chi connectivity index (χ2n) is 8.74. The summed E-state index contributed by atoms with van der Waals surface area (Å²) in [5.74, 6) is 1.24. The van der Waals surface area contributed by atoms with E-state index in [2.05, 4.69) is 4.98 Å². The van der Waals surface area contributed by atoms with Crippen molar-refractivity contribution >= 4 is 11.3 Å². The van der Waals surface area contributed by atoms with E-state index in [1.807, 2.05) is 26.8 Å². The minimum Gasteiger partial charge on any atom is -0.485 e. The number of aromatic nitrogens is 1. The molecule has 2 aromatic carbocycles. The van der Waals surface area contributed by atoms with Crippen LogP contribution in [-0.2, 0) is 10.9 Å². The number of hydrogen-bond donors (Lipinski definition) is 1. The normalized spacial score (nSPS) is 14.0. The molecule has 3 aromatic rings. The van der Waals surface area contributed by atoms with Gasteiger partial charge < -0.3 is 19.3 Å². The van der Waals surface area contributed by atoms with Crippen LogP contribution in [0.5, 0.6) is 11.5 Å². The molecule has 1 N–H and O–H groups in total. The molecule has 1 aromatic heterocycles. The quantitative estimate of drug-likeness (QED) is 0.312. The lowest BCUT2D eigenvalue weighted by Crippen LogP contribution is -2.43. The summed E-state index contributed by atoms with van der Waals surface area (Å²) in [4.78, 5) is 5.43. The summed E-state index contributed by atoms with van der Waals surface area (Å²) in [6.07, 6.45) is -5.77. The number of benzene rings is 2. The van der Waals surface area contributed by atoms with Crippen molar-refractivity contribution in [1.29, 1.82) is 0 Å². The zero-order valence-corrected chi connectivity index (χ0v) is 21.4. The average Bonchev–Trinajstić information content (AvgIpc) is 3.17. The number of rotatable bonds is 9. The first-order valence-corrected chi connectivity index (χ1v) is 12.0. The predicted molar refractivity (Wildman–Crippen MR) is 130 cm³/mol. The van der Waals surface area contributed by atoms with Crippen molar-refractivity contribution in [3.8, 4) is 22.1 Å². The van der Waals surface area contributed by atoms with E-state index < -0.39 is 23.6 Å². The molecule has 1 unspecified atom stereocenters. The van der Waals surface area contributed by atoms with E-state index in [-0.39, 0.29) is 6.10 Å². The Hall–Kier alpha value is -2.62. The molecular weight excluding hydrogens is 479 g/mol. The van der Waals surface area contributed by atoms with Crippen LogP contribution >= 0.6 is 11.3 Å². The monoisotopic (exact) mass is 509 g/mol. The highest BCUT2D eigenvalue weighted by Gasteiger charge is 2.32. The summed E-state index contributed by atoms with van der Waals surface area (Å²) in [7, 11) is 0. The molecule has 2 atom stereocenters. The molecule has 0 bridgehead atoms. The van der Waals surface area contributed by atoms with E-state index in [1.54, 1.807) is 32.9 Å². The molecule has 3 rings (SSSR count). The number of ether oxygens (including phenoxy) is 3. The predicted octanol–water partition coefficient (Wildman–Crippen LogP) is 7.10. The van der Waals surface area contributed by atoms with Gasteiger partial charge in [0, 0.05) is 12.2 Å². The summed E-state index contributed by atoms with van der Waals surface area (Å²) in [5, 5.41) is 10.8. The molecule has 1 heterocycles. The van der Waals surface area contributed by atoms with Crippen molar-refractivity contribution in [2.75, 3.05) is 6.61 Å². The van der Waals surface area contributed by atoms with E-state index in [1.165, 1.54) is 23.5 Å². The third-order valence-electron chi connectivity index (χ3n) is 5.41. The third-order valence-corrected chi connectivity index (χ3v) is 6.78. The van der Waals surface area contributed by atoms with Gasteiger partial charge in [0.2, 0.25) is 0 Å². The van der Waals surface area contributed by atoms with Crippen molar-refractivity contribution in [2.24, 2.45) is 0 Å².